The van der Waals surface area contributed by atoms with E-state index in [2.05, 4.69) is 42.7 Å². The van der Waals surface area contributed by atoms with Crippen LogP contribution in [0.5, 0.6) is 5.75 Å². The molecule has 0 aliphatic carbocycles. The molecule has 1 aliphatic heterocycles. The Morgan fingerprint density at radius 1 is 1.20 bits per heavy atom. The van der Waals surface area contributed by atoms with Gasteiger partial charge in [0.15, 0.2) is 6.10 Å². The number of anilines is 2. The van der Waals surface area contributed by atoms with Gasteiger partial charge in [0.05, 0.1) is 5.69 Å². The van der Waals surface area contributed by atoms with Gasteiger partial charge in [0.2, 0.25) is 5.91 Å². The Hall–Kier alpha value is -2.82. The fraction of sp³-hybridized carbons (Fsp3) is 0.300. The number of amides is 2. The van der Waals surface area contributed by atoms with E-state index in [0.717, 1.165) is 0 Å². The maximum Gasteiger partial charge on any atom is 0.265 e. The quantitative estimate of drug-likeness (QED) is 0.895. The highest BCUT2D eigenvalue weighted by Crippen LogP contribution is 2.32. The summed E-state index contributed by atoms with van der Waals surface area (Å²) in [5.41, 5.74) is 4.83. The van der Waals surface area contributed by atoms with Crippen LogP contribution in [0.25, 0.3) is 0 Å². The third-order valence-electron chi connectivity index (χ3n) is 4.31. The van der Waals surface area contributed by atoms with E-state index < -0.39 is 6.10 Å². The van der Waals surface area contributed by atoms with E-state index in [1.54, 1.807) is 25.1 Å². The standard InChI is InChI=1S/C20H22N2O3/c1-12-4-5-15(13(2)10-12)6-9-19(23)21-16-7-8-18-17(11-16)22-20(24)14(3)25-18/h4-5,7-8,10-11,14H,6,9H2,1-3H3,(H,21,23)(H,22,24)/t14-/m1/s1. The van der Waals surface area contributed by atoms with Crippen molar-refractivity contribution in [1.82, 2.24) is 0 Å². The first-order valence-corrected chi connectivity index (χ1v) is 8.40. The predicted molar refractivity (Wildman–Crippen MR) is 98.0 cm³/mol. The van der Waals surface area contributed by atoms with E-state index >= 15 is 0 Å². The minimum atomic E-state index is -0.509. The van der Waals surface area contributed by atoms with Gasteiger partial charge in [0, 0.05) is 12.1 Å². The summed E-state index contributed by atoms with van der Waals surface area (Å²) in [4.78, 5) is 23.9. The highest BCUT2D eigenvalue weighted by molar-refractivity contribution is 5.99. The molecule has 0 unspecified atom stereocenters. The molecule has 0 saturated carbocycles. The third kappa shape index (κ3) is 3.99. The Balaban J connectivity index is 1.61. The molecule has 2 N–H and O–H groups in total. The number of benzene rings is 2. The molecule has 2 aromatic rings. The van der Waals surface area contributed by atoms with Gasteiger partial charge in [-0.2, -0.15) is 0 Å². The number of carbonyl (C=O) groups is 2. The molecular weight excluding hydrogens is 316 g/mol. The van der Waals surface area contributed by atoms with Crippen molar-refractivity contribution in [2.24, 2.45) is 0 Å². The molecule has 0 fully saturated rings. The molecule has 5 nitrogen and oxygen atoms in total. The normalized spacial score (nSPS) is 15.8. The molecule has 0 radical (unpaired) electrons. The molecular formula is C20H22N2O3. The summed E-state index contributed by atoms with van der Waals surface area (Å²) in [6.45, 7) is 5.82. The van der Waals surface area contributed by atoms with Crippen molar-refractivity contribution in [3.05, 3.63) is 53.1 Å². The largest absolute Gasteiger partial charge is 0.479 e. The molecule has 5 heteroatoms. The van der Waals surface area contributed by atoms with Gasteiger partial charge in [-0.3, -0.25) is 9.59 Å². The predicted octanol–water partition coefficient (Wildman–Crippen LogP) is 3.59. The van der Waals surface area contributed by atoms with Gasteiger partial charge in [-0.25, -0.2) is 0 Å². The molecule has 2 amide bonds. The van der Waals surface area contributed by atoms with Gasteiger partial charge in [0.25, 0.3) is 5.91 Å². The van der Waals surface area contributed by atoms with Crippen molar-refractivity contribution in [2.75, 3.05) is 10.6 Å². The van der Waals surface area contributed by atoms with Crippen LogP contribution in [0.15, 0.2) is 36.4 Å². The van der Waals surface area contributed by atoms with Gasteiger partial charge < -0.3 is 15.4 Å². The van der Waals surface area contributed by atoms with E-state index in [4.69, 9.17) is 4.74 Å². The lowest BCUT2D eigenvalue weighted by atomic mass is 10.0. The fourth-order valence-electron chi connectivity index (χ4n) is 2.88. The molecule has 130 valence electrons. The molecule has 0 saturated heterocycles. The van der Waals surface area contributed by atoms with Crippen molar-refractivity contribution >= 4 is 23.2 Å². The second kappa shape index (κ2) is 6.97. The van der Waals surface area contributed by atoms with E-state index in [9.17, 15) is 9.59 Å². The first-order chi connectivity index (χ1) is 11.9. The van der Waals surface area contributed by atoms with E-state index in [1.807, 2.05) is 0 Å². The number of rotatable bonds is 4. The fourth-order valence-corrected chi connectivity index (χ4v) is 2.88. The number of aryl methyl sites for hydroxylation is 3. The van der Waals surface area contributed by atoms with Gasteiger partial charge in [-0.05, 0) is 56.5 Å². The summed E-state index contributed by atoms with van der Waals surface area (Å²) in [5.74, 6) is 0.363. The van der Waals surface area contributed by atoms with Gasteiger partial charge in [0.1, 0.15) is 5.75 Å². The van der Waals surface area contributed by atoms with Crippen LogP contribution in [0.4, 0.5) is 11.4 Å². The highest BCUT2D eigenvalue weighted by Gasteiger charge is 2.23. The monoisotopic (exact) mass is 338 g/mol. The van der Waals surface area contributed by atoms with Crippen molar-refractivity contribution in [1.29, 1.82) is 0 Å². The molecule has 1 atom stereocenters. The van der Waals surface area contributed by atoms with Crippen molar-refractivity contribution < 1.29 is 14.3 Å². The van der Waals surface area contributed by atoms with Crippen LogP contribution in [0.2, 0.25) is 0 Å². The molecule has 0 aromatic heterocycles. The molecule has 1 aliphatic rings. The first-order valence-electron chi connectivity index (χ1n) is 8.40. The lowest BCUT2D eigenvalue weighted by molar-refractivity contribution is -0.122. The summed E-state index contributed by atoms with van der Waals surface area (Å²) < 4.78 is 5.51. The number of ether oxygens (including phenoxy) is 1. The topological polar surface area (TPSA) is 67.4 Å². The Labute approximate surface area is 147 Å². The number of nitrogens with one attached hydrogen (secondary N) is 2. The van der Waals surface area contributed by atoms with Gasteiger partial charge >= 0.3 is 0 Å². The average Bonchev–Trinajstić information content (AvgIpc) is 2.55. The zero-order valence-corrected chi connectivity index (χ0v) is 14.7. The first kappa shape index (κ1) is 17.0. The molecule has 0 bridgehead atoms. The van der Waals surface area contributed by atoms with E-state index in [0.29, 0.717) is 30.0 Å². The summed E-state index contributed by atoms with van der Waals surface area (Å²) in [6.07, 6.45) is 0.590. The maximum absolute atomic E-state index is 12.2. The second-order valence-electron chi connectivity index (χ2n) is 6.44. The van der Waals surface area contributed by atoms with Crippen LogP contribution >= 0.6 is 0 Å². The molecule has 2 aromatic carbocycles. The lowest BCUT2D eigenvalue weighted by Crippen LogP contribution is -2.34. The Morgan fingerprint density at radius 3 is 2.76 bits per heavy atom. The zero-order chi connectivity index (χ0) is 18.0. The summed E-state index contributed by atoms with van der Waals surface area (Å²) in [6, 6.07) is 11.5. The number of fused-ring (bicyclic) bond motifs is 1. The Kier molecular flexibility index (Phi) is 4.74. The summed E-state index contributed by atoms with van der Waals surface area (Å²) >= 11 is 0. The van der Waals surface area contributed by atoms with Crippen LogP contribution in [0, 0.1) is 13.8 Å². The van der Waals surface area contributed by atoms with Gasteiger partial charge in [-0.1, -0.05) is 23.8 Å². The summed E-state index contributed by atoms with van der Waals surface area (Å²) in [5, 5.41) is 5.65. The summed E-state index contributed by atoms with van der Waals surface area (Å²) in [7, 11) is 0. The average molecular weight is 338 g/mol. The van der Waals surface area contributed by atoms with Crippen molar-refractivity contribution in [3.8, 4) is 5.75 Å². The van der Waals surface area contributed by atoms with Crippen LogP contribution in [-0.2, 0) is 16.0 Å². The molecule has 0 spiro atoms. The smallest absolute Gasteiger partial charge is 0.265 e. The van der Waals surface area contributed by atoms with Crippen LogP contribution in [0.1, 0.15) is 30.0 Å². The Morgan fingerprint density at radius 2 is 2.00 bits per heavy atom. The van der Waals surface area contributed by atoms with Crippen molar-refractivity contribution in [2.45, 2.75) is 39.7 Å². The molecule has 1 heterocycles. The second-order valence-corrected chi connectivity index (χ2v) is 6.44. The maximum atomic E-state index is 12.2. The Bertz CT molecular complexity index is 830. The number of hydrogen-bond donors (Lipinski definition) is 2. The number of hydrogen-bond acceptors (Lipinski definition) is 3. The minimum absolute atomic E-state index is 0.0589. The molecule has 25 heavy (non-hydrogen) atoms. The van der Waals surface area contributed by atoms with Crippen LogP contribution in [-0.4, -0.2) is 17.9 Å². The van der Waals surface area contributed by atoms with Gasteiger partial charge in [-0.15, -0.1) is 0 Å². The highest BCUT2D eigenvalue weighted by atomic mass is 16.5. The van der Waals surface area contributed by atoms with E-state index in [1.165, 1.54) is 16.7 Å². The van der Waals surface area contributed by atoms with E-state index in [-0.39, 0.29) is 11.8 Å². The SMILES string of the molecule is Cc1ccc(CCC(=O)Nc2ccc3c(c2)NC(=O)[C@@H](C)O3)c(C)c1. The van der Waals surface area contributed by atoms with Crippen LogP contribution in [0.3, 0.4) is 0 Å². The van der Waals surface area contributed by atoms with Crippen molar-refractivity contribution in [3.63, 3.8) is 0 Å². The minimum Gasteiger partial charge on any atom is -0.479 e. The zero-order valence-electron chi connectivity index (χ0n) is 14.7. The van der Waals surface area contributed by atoms with Crippen LogP contribution < -0.4 is 15.4 Å². The third-order valence-corrected chi connectivity index (χ3v) is 4.31. The number of carbonyl (C=O) groups excluding carboxylic acids is 2. The molecule has 3 rings (SSSR count). The lowest BCUT2D eigenvalue weighted by Gasteiger charge is -2.23.